The summed E-state index contributed by atoms with van der Waals surface area (Å²) in [5, 5.41) is 6.28. The van der Waals surface area contributed by atoms with E-state index in [2.05, 4.69) is 29.7 Å². The van der Waals surface area contributed by atoms with Crippen molar-refractivity contribution in [2.24, 2.45) is 5.92 Å². The number of carbonyl (C=O) groups is 2. The molecule has 0 bridgehead atoms. The molecule has 175 valence electrons. The smallest absolute Gasteiger partial charge is 0.279 e. The molecule has 1 fully saturated rings. The van der Waals surface area contributed by atoms with Crippen LogP contribution >= 0.6 is 0 Å². The number of para-hydroxylation sites is 1. The Balaban J connectivity index is 0.00000385. The number of unbranched alkanes of at least 4 members (excludes halogenated alkanes) is 1. The molecule has 0 spiro atoms. The number of quaternary nitrogens is 1. The van der Waals surface area contributed by atoms with Gasteiger partial charge in [-0.25, -0.2) is 0 Å². The van der Waals surface area contributed by atoms with Crippen LogP contribution in [0.1, 0.15) is 49.3 Å². The molecule has 5 nitrogen and oxygen atoms in total. The van der Waals surface area contributed by atoms with E-state index in [-0.39, 0.29) is 50.4 Å². The molecular weight excluding hydrogens is 487 g/mol. The first-order valence-corrected chi connectivity index (χ1v) is 12.0. The van der Waals surface area contributed by atoms with Gasteiger partial charge in [0.2, 0.25) is 5.91 Å². The van der Waals surface area contributed by atoms with Crippen molar-refractivity contribution >= 4 is 17.5 Å². The third-order valence-corrected chi connectivity index (χ3v) is 6.58. The molecule has 6 heteroatoms. The van der Waals surface area contributed by atoms with Crippen LogP contribution in [0.3, 0.4) is 0 Å². The van der Waals surface area contributed by atoms with Gasteiger partial charge in [-0.3, -0.25) is 9.59 Å². The number of aryl methyl sites for hydroxylation is 2. The second-order valence-corrected chi connectivity index (χ2v) is 9.35. The van der Waals surface area contributed by atoms with Crippen LogP contribution in [-0.4, -0.2) is 42.5 Å². The largest absolute Gasteiger partial charge is 0.356 e. The predicted molar refractivity (Wildman–Crippen MR) is 130 cm³/mol. The maximum Gasteiger partial charge on any atom is 0.279 e. The Morgan fingerprint density at radius 3 is 2.39 bits per heavy atom. The third-order valence-electron chi connectivity index (χ3n) is 6.58. The van der Waals surface area contributed by atoms with Gasteiger partial charge in [-0.2, -0.15) is 0 Å². The quantitative estimate of drug-likeness (QED) is 0.372. The normalized spacial score (nSPS) is 19.9. The summed E-state index contributed by atoms with van der Waals surface area (Å²) in [5.41, 5.74) is 4.25. The second kappa shape index (κ2) is 13.4. The molecule has 33 heavy (non-hydrogen) atoms. The summed E-state index contributed by atoms with van der Waals surface area (Å²) < 4.78 is 0.618. The number of rotatable bonds is 9. The van der Waals surface area contributed by atoms with Crippen molar-refractivity contribution in [1.82, 2.24) is 5.32 Å². The van der Waals surface area contributed by atoms with Gasteiger partial charge >= 0.3 is 0 Å². The second-order valence-electron chi connectivity index (χ2n) is 9.35. The molecule has 2 aromatic carbocycles. The molecule has 3 rings (SSSR count). The molecule has 1 heterocycles. The fraction of sp³-hybridized carbons (Fsp3) is 0.481. The minimum atomic E-state index is -0.0442. The van der Waals surface area contributed by atoms with Crippen molar-refractivity contribution in [3.05, 3.63) is 65.2 Å². The summed E-state index contributed by atoms with van der Waals surface area (Å²) in [6, 6.07) is 16.4. The Hall–Kier alpha value is -1.56. The molecule has 1 aliphatic heterocycles. The third kappa shape index (κ3) is 8.01. The SMILES string of the molecule is CCCCNC(=O)C1CCC[N+](CC(=O)Nc2c(C)cccc2C)(Cc2ccccc2)C1.[Y]. The Labute approximate surface area is 224 Å². The standard InChI is InChI=1S/C27H37N3O2.Y/c1-4-5-16-28-27(32)24-15-10-17-30(19-24,18-23-13-7-6-8-14-23)20-25(31)29-26-21(2)11-9-12-22(26)3;/h6-9,11-14,24H,4-5,10,15-20H2,1-3H3,(H-,28,29,31,32);/p+1. The zero-order valence-electron chi connectivity index (χ0n) is 20.4. The van der Waals surface area contributed by atoms with Gasteiger partial charge in [-0.1, -0.05) is 61.9 Å². The molecule has 1 saturated heterocycles. The van der Waals surface area contributed by atoms with Crippen molar-refractivity contribution in [2.45, 2.75) is 53.0 Å². The van der Waals surface area contributed by atoms with Gasteiger partial charge in [-0.05, 0) is 44.2 Å². The van der Waals surface area contributed by atoms with E-state index in [1.54, 1.807) is 0 Å². The topological polar surface area (TPSA) is 58.2 Å². The van der Waals surface area contributed by atoms with Gasteiger partial charge in [0.15, 0.2) is 6.54 Å². The first-order chi connectivity index (χ1) is 15.4. The fourth-order valence-electron chi connectivity index (χ4n) is 4.88. The number of likely N-dealkylation sites (tertiary alicyclic amines) is 1. The minimum Gasteiger partial charge on any atom is -0.356 e. The number of benzene rings is 2. The molecule has 2 amide bonds. The molecule has 2 N–H and O–H groups in total. The van der Waals surface area contributed by atoms with Crippen molar-refractivity contribution in [1.29, 1.82) is 0 Å². The molecule has 2 aromatic rings. The predicted octanol–water partition coefficient (Wildman–Crippen LogP) is 4.58. The first kappa shape index (κ1) is 27.7. The van der Waals surface area contributed by atoms with Crippen molar-refractivity contribution in [3.63, 3.8) is 0 Å². The zero-order chi connectivity index (χ0) is 23.0. The maximum atomic E-state index is 13.2. The number of carbonyl (C=O) groups excluding carboxylic acids is 2. The van der Waals surface area contributed by atoms with Crippen LogP contribution < -0.4 is 10.6 Å². The molecule has 0 aliphatic carbocycles. The maximum absolute atomic E-state index is 13.2. The fourth-order valence-corrected chi connectivity index (χ4v) is 4.88. The molecule has 1 radical (unpaired) electrons. The van der Waals surface area contributed by atoms with Crippen molar-refractivity contribution < 1.29 is 46.8 Å². The van der Waals surface area contributed by atoms with Gasteiger partial charge in [0, 0.05) is 50.5 Å². The Kier molecular flexibility index (Phi) is 11.2. The van der Waals surface area contributed by atoms with Gasteiger partial charge in [0.25, 0.3) is 5.91 Å². The minimum absolute atomic E-state index is 0. The van der Waals surface area contributed by atoms with Crippen molar-refractivity contribution in [2.75, 3.05) is 31.5 Å². The summed E-state index contributed by atoms with van der Waals surface area (Å²) in [4.78, 5) is 26.1. The van der Waals surface area contributed by atoms with E-state index in [0.29, 0.717) is 17.6 Å². The number of hydrogen-bond donors (Lipinski definition) is 2. The van der Waals surface area contributed by atoms with Crippen molar-refractivity contribution in [3.8, 4) is 0 Å². The first-order valence-electron chi connectivity index (χ1n) is 12.0. The summed E-state index contributed by atoms with van der Waals surface area (Å²) in [6.07, 6.45) is 3.92. The number of nitrogens with zero attached hydrogens (tertiary/aromatic N) is 1. The number of amides is 2. The van der Waals surface area contributed by atoms with Crippen LogP contribution in [-0.2, 0) is 48.8 Å². The number of nitrogens with one attached hydrogen (secondary N) is 2. The number of anilines is 1. The van der Waals surface area contributed by atoms with Crippen LogP contribution in [0, 0.1) is 19.8 Å². The van der Waals surface area contributed by atoms with Crippen LogP contribution in [0.4, 0.5) is 5.69 Å². The summed E-state index contributed by atoms with van der Waals surface area (Å²) in [5.74, 6) is 0.117. The summed E-state index contributed by atoms with van der Waals surface area (Å²) in [7, 11) is 0. The van der Waals surface area contributed by atoms with Gasteiger partial charge < -0.3 is 15.1 Å². The van der Waals surface area contributed by atoms with Gasteiger partial charge in [-0.15, -0.1) is 0 Å². The van der Waals surface area contributed by atoms with E-state index in [9.17, 15) is 9.59 Å². The summed E-state index contributed by atoms with van der Waals surface area (Å²) in [6.45, 7) is 9.66. The molecule has 2 atom stereocenters. The monoisotopic (exact) mass is 525 g/mol. The molecular formula is C27H38N3O2Y+. The van der Waals surface area contributed by atoms with Crippen LogP contribution in [0.25, 0.3) is 0 Å². The van der Waals surface area contributed by atoms with E-state index < -0.39 is 0 Å². The molecule has 0 saturated carbocycles. The van der Waals surface area contributed by atoms with Crippen LogP contribution in [0.5, 0.6) is 0 Å². The summed E-state index contributed by atoms with van der Waals surface area (Å²) >= 11 is 0. The Morgan fingerprint density at radius 1 is 1.03 bits per heavy atom. The zero-order valence-corrected chi connectivity index (χ0v) is 23.2. The number of hydrogen-bond acceptors (Lipinski definition) is 2. The van der Waals surface area contributed by atoms with Crippen LogP contribution in [0.2, 0.25) is 0 Å². The average molecular weight is 526 g/mol. The average Bonchev–Trinajstić information content (AvgIpc) is 2.77. The van der Waals surface area contributed by atoms with E-state index in [0.717, 1.165) is 62.1 Å². The number of piperidine rings is 1. The van der Waals surface area contributed by atoms with Crippen LogP contribution in [0.15, 0.2) is 48.5 Å². The van der Waals surface area contributed by atoms with E-state index in [1.807, 2.05) is 50.2 Å². The Bertz CT molecular complexity index is 899. The van der Waals surface area contributed by atoms with Gasteiger partial charge in [0.05, 0.1) is 19.0 Å². The molecule has 1 aliphatic rings. The van der Waals surface area contributed by atoms with E-state index >= 15 is 0 Å². The van der Waals surface area contributed by atoms with E-state index in [4.69, 9.17) is 0 Å². The van der Waals surface area contributed by atoms with Gasteiger partial charge in [0.1, 0.15) is 6.54 Å². The molecule has 2 unspecified atom stereocenters. The molecule has 0 aromatic heterocycles. The Morgan fingerprint density at radius 2 is 1.73 bits per heavy atom. The van der Waals surface area contributed by atoms with E-state index in [1.165, 1.54) is 5.56 Å².